The van der Waals surface area contributed by atoms with Gasteiger partial charge in [-0.3, -0.25) is 0 Å². The number of rotatable bonds is 13. The highest BCUT2D eigenvalue weighted by molar-refractivity contribution is 6.10. The molecular weight excluding hydrogens is 1080 g/mol. The predicted molar refractivity (Wildman–Crippen MR) is 348 cm³/mol. The number of aliphatic hydroxyl groups is 1. The number of hydrogen-bond donors (Lipinski definition) is 1. The van der Waals surface area contributed by atoms with Crippen LogP contribution in [-0.4, -0.2) is 40.2 Å². The van der Waals surface area contributed by atoms with E-state index in [9.17, 15) is 5.11 Å². The third-order valence-electron chi connectivity index (χ3n) is 18.4. The van der Waals surface area contributed by atoms with E-state index in [4.69, 9.17) is 39.7 Å². The lowest BCUT2D eigenvalue weighted by molar-refractivity contribution is 0.163. The number of methoxy groups -OCH3 is 4. The average Bonchev–Trinajstić information content (AvgIpc) is 1.62. The maximum absolute atomic E-state index is 10.4. The Kier molecular flexibility index (Phi) is 14.2. The predicted octanol–water partition coefficient (Wildman–Crippen LogP) is 18.2. The lowest BCUT2D eigenvalue weighted by Crippen LogP contribution is -2.35. The number of aliphatic hydroxyl groups excluding tert-OH is 1. The van der Waals surface area contributed by atoms with Crippen LogP contribution in [-0.2, 0) is 28.6 Å². The van der Waals surface area contributed by atoms with Crippen LogP contribution in [0.4, 0.5) is 5.69 Å². The summed E-state index contributed by atoms with van der Waals surface area (Å²) in [6.45, 7) is 19.5. The standard InChI is InChI=1S/C39H33NO5.C39H36O3/c1-38(2)33-20-26(40-3)11-16-29(33)35-31-19-23(22-41)34(44-6)21-32(31)37-30(36(35)38)17-18-39(45-37,24-7-12-27(42-4)13-8-24)25-9-14-28(43-5)15-10-25;1-5-6-25-41-29-21-17-27(18-22-29)39(26-15-19-28(40-4)20-16-26)24-23-33-36-35(30-11-7-8-12-31(30)37(33)42-39)32-13-9-10-14-34(32)38(36,2)3/h7-21,41H,22H2,1-2,4-6H3;7-24H,5-6,25H2,1-4H3. The van der Waals surface area contributed by atoms with Crippen molar-refractivity contribution in [1.82, 2.24) is 0 Å². The third kappa shape index (κ3) is 8.99. The molecule has 4 aliphatic rings. The van der Waals surface area contributed by atoms with Crippen molar-refractivity contribution in [3.8, 4) is 62.5 Å². The van der Waals surface area contributed by atoms with Gasteiger partial charge >= 0.3 is 0 Å². The van der Waals surface area contributed by atoms with Crippen LogP contribution in [0.25, 0.3) is 60.8 Å². The van der Waals surface area contributed by atoms with Crippen molar-refractivity contribution < 1.29 is 38.3 Å². The Labute approximate surface area is 509 Å². The summed E-state index contributed by atoms with van der Waals surface area (Å²) in [5.41, 5.74) is 14.8. The second-order valence-electron chi connectivity index (χ2n) is 23.8. The number of hydrogen-bond acceptors (Lipinski definition) is 8. The molecule has 10 aromatic rings. The quantitative estimate of drug-likeness (QED) is 0.0902. The second kappa shape index (κ2) is 22.0. The Balaban J connectivity index is 0.000000161. The van der Waals surface area contributed by atoms with Crippen molar-refractivity contribution >= 4 is 39.4 Å². The van der Waals surface area contributed by atoms with Crippen LogP contribution < -0.4 is 33.2 Å². The molecular formula is C78H69NO8. The summed E-state index contributed by atoms with van der Waals surface area (Å²) < 4.78 is 43.0. The molecule has 14 rings (SSSR count). The summed E-state index contributed by atoms with van der Waals surface area (Å²) in [5.74, 6) is 5.44. The number of nitrogens with zero attached hydrogens (tertiary/aromatic N) is 1. The van der Waals surface area contributed by atoms with Gasteiger partial charge in [-0.05, 0) is 135 Å². The van der Waals surface area contributed by atoms with Gasteiger partial charge in [-0.15, -0.1) is 0 Å². The molecule has 2 aliphatic carbocycles. The Morgan fingerprint density at radius 3 is 1.46 bits per heavy atom. The monoisotopic (exact) mass is 1150 g/mol. The Morgan fingerprint density at radius 2 is 0.954 bits per heavy atom. The minimum absolute atomic E-state index is 0.161. The van der Waals surface area contributed by atoms with E-state index in [1.165, 1.54) is 27.6 Å². The summed E-state index contributed by atoms with van der Waals surface area (Å²) in [6.07, 6.45) is 11.0. The lowest BCUT2D eigenvalue weighted by Gasteiger charge is -2.38. The number of benzene rings is 10. The highest BCUT2D eigenvalue weighted by Crippen LogP contribution is 2.61. The van der Waals surface area contributed by atoms with E-state index >= 15 is 0 Å². The largest absolute Gasteiger partial charge is 0.497 e. The van der Waals surface area contributed by atoms with E-state index in [2.05, 4.69) is 155 Å². The first-order chi connectivity index (χ1) is 42.3. The average molecular weight is 1150 g/mol. The van der Waals surface area contributed by atoms with Crippen LogP contribution in [0.1, 0.15) is 109 Å². The highest BCUT2D eigenvalue weighted by Gasteiger charge is 2.47. The van der Waals surface area contributed by atoms with Crippen LogP contribution in [0.3, 0.4) is 0 Å². The highest BCUT2D eigenvalue weighted by atomic mass is 16.5. The summed E-state index contributed by atoms with van der Waals surface area (Å²) in [7, 11) is 6.62. The molecule has 0 spiro atoms. The molecule has 2 heterocycles. The van der Waals surface area contributed by atoms with Gasteiger partial charge in [-0.1, -0.05) is 168 Å². The summed E-state index contributed by atoms with van der Waals surface area (Å²) in [5, 5.41) is 14.5. The van der Waals surface area contributed by atoms with E-state index in [1.54, 1.807) is 28.4 Å². The van der Waals surface area contributed by atoms with E-state index in [1.807, 2.05) is 84.9 Å². The molecule has 9 nitrogen and oxygen atoms in total. The van der Waals surface area contributed by atoms with Gasteiger partial charge < -0.3 is 38.3 Å². The zero-order chi connectivity index (χ0) is 60.4. The van der Waals surface area contributed by atoms with Gasteiger partial charge in [0.15, 0.2) is 16.9 Å². The van der Waals surface area contributed by atoms with Crippen molar-refractivity contribution in [2.24, 2.45) is 0 Å². The molecule has 1 N–H and O–H groups in total. The molecule has 9 heteroatoms. The Morgan fingerprint density at radius 1 is 0.483 bits per heavy atom. The van der Waals surface area contributed by atoms with Crippen LogP contribution in [0, 0.1) is 6.57 Å². The summed E-state index contributed by atoms with van der Waals surface area (Å²) in [6, 6.07) is 60.0. The smallest absolute Gasteiger partial charge is 0.187 e. The molecule has 2 aliphatic heterocycles. The van der Waals surface area contributed by atoms with Crippen molar-refractivity contribution in [3.63, 3.8) is 0 Å². The fraction of sp³-hybridized carbons (Fsp3) is 0.218. The van der Waals surface area contributed by atoms with Gasteiger partial charge in [-0.2, -0.15) is 0 Å². The van der Waals surface area contributed by atoms with Crippen molar-refractivity contribution in [2.75, 3.05) is 35.0 Å². The van der Waals surface area contributed by atoms with Gasteiger partial charge in [-0.25, -0.2) is 4.85 Å². The van der Waals surface area contributed by atoms with E-state index < -0.39 is 16.6 Å². The first-order valence-electron chi connectivity index (χ1n) is 29.7. The van der Waals surface area contributed by atoms with Crippen LogP contribution in [0.15, 0.2) is 188 Å². The van der Waals surface area contributed by atoms with Crippen molar-refractivity contribution in [3.05, 3.63) is 261 Å². The molecule has 434 valence electrons. The number of unbranched alkanes of at least 4 members (excludes halogenated alkanes) is 1. The molecule has 0 aromatic heterocycles. The van der Waals surface area contributed by atoms with E-state index in [0.717, 1.165) is 126 Å². The lowest BCUT2D eigenvalue weighted by atomic mass is 9.76. The first kappa shape index (κ1) is 56.4. The number of fused-ring (bicyclic) bond motifs is 16. The van der Waals surface area contributed by atoms with Gasteiger partial charge in [0.1, 0.15) is 40.2 Å². The van der Waals surface area contributed by atoms with Gasteiger partial charge in [0.05, 0.1) is 48.2 Å². The maximum Gasteiger partial charge on any atom is 0.187 e. The van der Waals surface area contributed by atoms with Crippen LogP contribution >= 0.6 is 0 Å². The molecule has 1 unspecified atom stereocenters. The molecule has 10 aromatic carbocycles. The minimum Gasteiger partial charge on any atom is -0.497 e. The van der Waals surface area contributed by atoms with Crippen molar-refractivity contribution in [2.45, 2.75) is 76.1 Å². The molecule has 87 heavy (non-hydrogen) atoms. The fourth-order valence-corrected chi connectivity index (χ4v) is 13.9. The minimum atomic E-state index is -0.970. The van der Waals surface area contributed by atoms with Gasteiger partial charge in [0, 0.05) is 60.5 Å². The molecule has 0 saturated heterocycles. The van der Waals surface area contributed by atoms with Crippen molar-refractivity contribution in [1.29, 1.82) is 0 Å². The zero-order valence-electron chi connectivity index (χ0n) is 50.6. The fourth-order valence-electron chi connectivity index (χ4n) is 13.9. The summed E-state index contributed by atoms with van der Waals surface area (Å²) >= 11 is 0. The molecule has 0 radical (unpaired) electrons. The van der Waals surface area contributed by atoms with E-state index in [-0.39, 0.29) is 12.0 Å². The number of ether oxygens (including phenoxy) is 7. The molecule has 1 atom stereocenters. The first-order valence-corrected chi connectivity index (χ1v) is 29.7. The molecule has 0 bridgehead atoms. The second-order valence-corrected chi connectivity index (χ2v) is 23.8. The van der Waals surface area contributed by atoms with Gasteiger partial charge in [0.2, 0.25) is 0 Å². The molecule has 0 saturated carbocycles. The van der Waals surface area contributed by atoms with Crippen LogP contribution in [0.2, 0.25) is 0 Å². The molecule has 0 fully saturated rings. The van der Waals surface area contributed by atoms with E-state index in [0.29, 0.717) is 17.0 Å². The maximum atomic E-state index is 10.4. The zero-order valence-corrected chi connectivity index (χ0v) is 50.6. The molecule has 0 amide bonds. The topological polar surface area (TPSA) is 89.2 Å². The Hall–Kier alpha value is -9.75. The SMILES string of the molecule is CCCCOc1ccc(C2(c3ccc(OC)cc3)C=Cc3c4c(c5ccccc5c3O2)-c2ccccc2C4(C)C)cc1.[C-]#[N+]c1ccc2c(c1)C(C)(C)c1c3c(c4cc(OC)c(CO)cc4c1-2)OC(c1ccc(OC)cc1)(c1ccc(OC)cc1)C=C3. The van der Waals surface area contributed by atoms with Crippen LogP contribution in [0.5, 0.6) is 40.2 Å². The van der Waals surface area contributed by atoms with Gasteiger partial charge in [0.25, 0.3) is 0 Å². The Bertz CT molecular complexity index is 4390. The third-order valence-corrected chi connectivity index (χ3v) is 18.4. The normalized spacial score (nSPS) is 16.3. The summed E-state index contributed by atoms with van der Waals surface area (Å²) in [4.78, 5) is 3.73.